The number of aromatic nitrogens is 3. The van der Waals surface area contributed by atoms with E-state index < -0.39 is 0 Å². The average molecular weight is 207 g/mol. The van der Waals surface area contributed by atoms with Crippen LogP contribution in [-0.2, 0) is 11.3 Å². The first kappa shape index (κ1) is 9.60. The van der Waals surface area contributed by atoms with Crippen molar-refractivity contribution in [2.24, 2.45) is 0 Å². The summed E-state index contributed by atoms with van der Waals surface area (Å²) in [5, 5.41) is 0. The van der Waals surface area contributed by atoms with Crippen LogP contribution in [-0.4, -0.2) is 27.9 Å². The van der Waals surface area contributed by atoms with E-state index in [4.69, 9.17) is 9.15 Å². The summed E-state index contributed by atoms with van der Waals surface area (Å²) in [6, 6.07) is 0.307. The molecular formula is C9H9N3O3. The summed E-state index contributed by atoms with van der Waals surface area (Å²) in [7, 11) is 1.56. The molecule has 0 spiro atoms. The molecule has 6 heteroatoms. The molecule has 0 radical (unpaired) electrons. The summed E-state index contributed by atoms with van der Waals surface area (Å²) >= 11 is 0. The lowest BCUT2D eigenvalue weighted by Crippen LogP contribution is -2.05. The molecule has 2 rings (SSSR count). The van der Waals surface area contributed by atoms with Crippen molar-refractivity contribution < 1.29 is 13.9 Å². The van der Waals surface area contributed by atoms with Crippen molar-refractivity contribution >= 4 is 6.29 Å². The first-order valence-electron chi connectivity index (χ1n) is 4.27. The number of carbonyl (C=O) groups excluding carboxylic acids is 1. The van der Waals surface area contributed by atoms with E-state index in [2.05, 4.69) is 9.97 Å². The van der Waals surface area contributed by atoms with Crippen LogP contribution in [0, 0.1) is 0 Å². The molecule has 0 bridgehead atoms. The molecule has 0 fully saturated rings. The Morgan fingerprint density at radius 3 is 3.07 bits per heavy atom. The molecule has 0 atom stereocenters. The lowest BCUT2D eigenvalue weighted by molar-refractivity contribution is 0.111. The van der Waals surface area contributed by atoms with Gasteiger partial charge in [-0.05, 0) is 0 Å². The number of ether oxygens (including phenoxy) is 1. The zero-order chi connectivity index (χ0) is 10.7. The second-order valence-corrected chi connectivity index (χ2v) is 2.81. The molecule has 0 saturated heterocycles. The van der Waals surface area contributed by atoms with Crippen LogP contribution in [0.4, 0.5) is 0 Å². The summed E-state index contributed by atoms with van der Waals surface area (Å²) in [6.07, 6.45) is 5.13. The van der Waals surface area contributed by atoms with Crippen molar-refractivity contribution in [3.8, 4) is 6.01 Å². The van der Waals surface area contributed by atoms with Crippen molar-refractivity contribution in [1.82, 2.24) is 14.5 Å². The van der Waals surface area contributed by atoms with Gasteiger partial charge in [-0.25, -0.2) is 14.5 Å². The SMILES string of the molecule is COCc1cnc(C=O)n1-c1ncco1. The lowest BCUT2D eigenvalue weighted by atomic mass is 10.5. The summed E-state index contributed by atoms with van der Waals surface area (Å²) in [6.45, 7) is 0.337. The first-order valence-corrected chi connectivity index (χ1v) is 4.27. The predicted molar refractivity (Wildman–Crippen MR) is 49.7 cm³/mol. The van der Waals surface area contributed by atoms with E-state index in [9.17, 15) is 4.79 Å². The maximum Gasteiger partial charge on any atom is 0.307 e. The third kappa shape index (κ3) is 1.66. The van der Waals surface area contributed by atoms with Gasteiger partial charge in [0.1, 0.15) is 6.26 Å². The Balaban J connectivity index is 2.50. The Hall–Kier alpha value is -1.95. The van der Waals surface area contributed by atoms with E-state index >= 15 is 0 Å². The summed E-state index contributed by atoms with van der Waals surface area (Å²) in [5.74, 6) is 0.240. The van der Waals surface area contributed by atoms with Crippen LogP contribution in [0.2, 0.25) is 0 Å². The van der Waals surface area contributed by atoms with Gasteiger partial charge >= 0.3 is 6.01 Å². The lowest BCUT2D eigenvalue weighted by Gasteiger charge is -2.03. The fraction of sp³-hybridized carbons (Fsp3) is 0.222. The summed E-state index contributed by atoms with van der Waals surface area (Å²) in [5.41, 5.74) is 0.710. The zero-order valence-electron chi connectivity index (χ0n) is 8.08. The van der Waals surface area contributed by atoms with Gasteiger partial charge in [-0.2, -0.15) is 0 Å². The maximum absolute atomic E-state index is 10.7. The number of carbonyl (C=O) groups is 1. The number of aldehydes is 1. The molecule has 0 amide bonds. The fourth-order valence-corrected chi connectivity index (χ4v) is 1.28. The molecule has 0 aliphatic rings. The van der Waals surface area contributed by atoms with Crippen LogP contribution >= 0.6 is 0 Å². The van der Waals surface area contributed by atoms with Gasteiger partial charge in [0.15, 0.2) is 12.1 Å². The minimum Gasteiger partial charge on any atom is -0.432 e. The topological polar surface area (TPSA) is 70.2 Å². The molecule has 78 valence electrons. The number of oxazole rings is 1. The summed E-state index contributed by atoms with van der Waals surface area (Å²) < 4.78 is 11.6. The highest BCUT2D eigenvalue weighted by molar-refractivity contribution is 5.70. The second-order valence-electron chi connectivity index (χ2n) is 2.81. The van der Waals surface area contributed by atoms with Crippen molar-refractivity contribution in [2.75, 3.05) is 7.11 Å². The zero-order valence-corrected chi connectivity index (χ0v) is 8.08. The number of hydrogen-bond donors (Lipinski definition) is 0. The fourth-order valence-electron chi connectivity index (χ4n) is 1.28. The van der Waals surface area contributed by atoms with Gasteiger partial charge in [0.2, 0.25) is 0 Å². The van der Waals surface area contributed by atoms with Gasteiger partial charge < -0.3 is 9.15 Å². The summed E-state index contributed by atoms with van der Waals surface area (Å²) in [4.78, 5) is 18.6. The van der Waals surface area contributed by atoms with Gasteiger partial charge in [-0.3, -0.25) is 4.79 Å². The van der Waals surface area contributed by atoms with Crippen LogP contribution in [0.5, 0.6) is 0 Å². The normalized spacial score (nSPS) is 10.5. The highest BCUT2D eigenvalue weighted by Gasteiger charge is 2.13. The molecule has 0 unspecified atom stereocenters. The number of imidazole rings is 1. The Kier molecular flexibility index (Phi) is 2.59. The molecule has 0 N–H and O–H groups in total. The molecule has 0 aromatic carbocycles. The van der Waals surface area contributed by atoms with Crippen molar-refractivity contribution in [3.63, 3.8) is 0 Å². The van der Waals surface area contributed by atoms with E-state index in [0.29, 0.717) is 24.6 Å². The van der Waals surface area contributed by atoms with Gasteiger partial charge in [-0.15, -0.1) is 0 Å². The molecule has 2 aromatic rings. The quantitative estimate of drug-likeness (QED) is 0.694. The van der Waals surface area contributed by atoms with Gasteiger partial charge in [0.05, 0.1) is 24.7 Å². The molecule has 0 aliphatic heterocycles. The number of methoxy groups -OCH3 is 1. The Morgan fingerprint density at radius 1 is 1.60 bits per heavy atom. The minimum absolute atomic E-state index is 0.240. The highest BCUT2D eigenvalue weighted by Crippen LogP contribution is 2.12. The maximum atomic E-state index is 10.7. The number of rotatable bonds is 4. The molecule has 0 aliphatic carbocycles. The van der Waals surface area contributed by atoms with Crippen LogP contribution in [0.15, 0.2) is 23.1 Å². The number of hydrogen-bond acceptors (Lipinski definition) is 5. The Labute approximate surface area is 85.5 Å². The predicted octanol–water partition coefficient (Wildman–Crippen LogP) is 0.819. The van der Waals surface area contributed by atoms with Crippen LogP contribution in [0.1, 0.15) is 16.3 Å². The van der Waals surface area contributed by atoms with Gasteiger partial charge in [0.25, 0.3) is 0 Å². The molecule has 2 heterocycles. The molecule has 0 saturated carbocycles. The van der Waals surface area contributed by atoms with E-state index in [1.54, 1.807) is 13.3 Å². The second kappa shape index (κ2) is 4.05. The average Bonchev–Trinajstić information content (AvgIpc) is 2.85. The van der Waals surface area contributed by atoms with Crippen molar-refractivity contribution in [1.29, 1.82) is 0 Å². The smallest absolute Gasteiger partial charge is 0.307 e. The van der Waals surface area contributed by atoms with Gasteiger partial charge in [0, 0.05) is 7.11 Å². The Morgan fingerprint density at radius 2 is 2.47 bits per heavy atom. The van der Waals surface area contributed by atoms with E-state index in [1.807, 2.05) is 0 Å². The van der Waals surface area contributed by atoms with E-state index in [1.165, 1.54) is 17.0 Å². The molecular weight excluding hydrogens is 198 g/mol. The van der Waals surface area contributed by atoms with Crippen molar-refractivity contribution in [3.05, 3.63) is 30.2 Å². The minimum atomic E-state index is 0.240. The molecule has 6 nitrogen and oxygen atoms in total. The van der Waals surface area contributed by atoms with Crippen LogP contribution < -0.4 is 0 Å². The van der Waals surface area contributed by atoms with E-state index in [0.717, 1.165) is 0 Å². The van der Waals surface area contributed by atoms with Crippen LogP contribution in [0.25, 0.3) is 6.01 Å². The van der Waals surface area contributed by atoms with Crippen LogP contribution in [0.3, 0.4) is 0 Å². The molecule has 2 aromatic heterocycles. The van der Waals surface area contributed by atoms with Crippen molar-refractivity contribution in [2.45, 2.75) is 6.61 Å². The monoisotopic (exact) mass is 207 g/mol. The molecule has 15 heavy (non-hydrogen) atoms. The highest BCUT2D eigenvalue weighted by atomic mass is 16.5. The standard InChI is InChI=1S/C9H9N3O3/c1-14-6-7-4-11-8(5-13)12(7)9-10-2-3-15-9/h2-5H,6H2,1H3. The van der Waals surface area contributed by atoms with Gasteiger partial charge in [-0.1, -0.05) is 0 Å². The number of nitrogens with zero attached hydrogens (tertiary/aromatic N) is 3. The Bertz CT molecular complexity index is 447. The third-order valence-electron chi connectivity index (χ3n) is 1.87. The first-order chi connectivity index (χ1) is 7.36. The third-order valence-corrected chi connectivity index (χ3v) is 1.87. The largest absolute Gasteiger partial charge is 0.432 e. The van der Waals surface area contributed by atoms with E-state index in [-0.39, 0.29) is 5.82 Å².